The summed E-state index contributed by atoms with van der Waals surface area (Å²) in [7, 11) is 0. The van der Waals surface area contributed by atoms with Crippen molar-refractivity contribution in [3.63, 3.8) is 0 Å². The van der Waals surface area contributed by atoms with Crippen LogP contribution >= 0.6 is 0 Å². The fraction of sp³-hybridized carbons (Fsp3) is 0.889. The molecule has 5 nitrogen and oxygen atoms in total. The quantitative estimate of drug-likeness (QED) is 0.236. The second-order valence-corrected chi connectivity index (χ2v) is 5.60. The maximum Gasteiger partial charge on any atom is 1.00 e. The van der Waals surface area contributed by atoms with E-state index in [-0.39, 0.29) is 42.9 Å². The van der Waals surface area contributed by atoms with E-state index in [1.54, 1.807) is 6.92 Å². The molecule has 0 heterocycles. The van der Waals surface area contributed by atoms with E-state index in [0.717, 1.165) is 6.42 Å². The van der Waals surface area contributed by atoms with Crippen LogP contribution in [-0.2, 0) is 19.2 Å². The molecule has 24 heavy (non-hydrogen) atoms. The molecule has 0 aliphatic heterocycles. The van der Waals surface area contributed by atoms with Gasteiger partial charge in [0, 0.05) is 12.8 Å². The minimum Gasteiger partial charge on any atom is -1.00 e. The first-order chi connectivity index (χ1) is 11.1. The number of esters is 1. The number of ether oxygens (including phenoxy) is 1. The molecule has 0 aromatic carbocycles. The fourth-order valence-electron chi connectivity index (χ4n) is 1.96. The molecule has 0 aromatic rings. The first-order valence-electron chi connectivity index (χ1n) is 9.17. The summed E-state index contributed by atoms with van der Waals surface area (Å²) >= 11 is 0. The molecule has 0 fully saturated rings. The fourth-order valence-corrected chi connectivity index (χ4v) is 1.96. The van der Waals surface area contributed by atoms with Gasteiger partial charge in [-0.1, -0.05) is 78.6 Å². The van der Waals surface area contributed by atoms with Crippen molar-refractivity contribution in [1.29, 1.82) is 0 Å². The van der Waals surface area contributed by atoms with Gasteiger partial charge in [0.05, 0.1) is 6.61 Å². The van der Waals surface area contributed by atoms with Gasteiger partial charge < -0.3 is 11.0 Å². The number of carbonyl (C=O) groups is 2. The van der Waals surface area contributed by atoms with Crippen LogP contribution in [0.3, 0.4) is 0 Å². The van der Waals surface area contributed by atoms with Crippen LogP contribution in [0.1, 0.15) is 99.2 Å². The molecule has 0 spiro atoms. The summed E-state index contributed by atoms with van der Waals surface area (Å²) in [4.78, 5) is 24.4. The van der Waals surface area contributed by atoms with Crippen molar-refractivity contribution in [1.82, 2.24) is 0 Å². The molecular formula is C18H38NNaO4. The van der Waals surface area contributed by atoms with E-state index in [9.17, 15) is 9.59 Å². The predicted octanol–water partition coefficient (Wildman–Crippen LogP) is 1.79. The topological polar surface area (TPSA) is 78.6 Å². The molecular weight excluding hydrogens is 317 g/mol. The van der Waals surface area contributed by atoms with Crippen LogP contribution < -0.4 is 35.5 Å². The van der Waals surface area contributed by atoms with Gasteiger partial charge in [-0.05, 0) is 6.42 Å². The van der Waals surface area contributed by atoms with Crippen LogP contribution in [0.25, 0.3) is 0 Å². The second-order valence-electron chi connectivity index (χ2n) is 5.60. The first-order valence-corrected chi connectivity index (χ1v) is 9.17. The minimum absolute atomic E-state index is 0. The monoisotopic (exact) mass is 355 g/mol. The average Bonchev–Trinajstić information content (AvgIpc) is 2.59. The standard InChI is InChI=1S/C15H30O2.C3H7NO2.Na.H/c1-3-5-6-7-8-9-10-11-12-13-14-17-15(16)4-2;1-2-3(5)6-4;;/h3-14H2,1-2H3;2,4H2,1H3;;/q;;+1;-1. The van der Waals surface area contributed by atoms with Crippen molar-refractivity contribution < 1.29 is 50.1 Å². The zero-order valence-electron chi connectivity index (χ0n) is 17.4. The van der Waals surface area contributed by atoms with Crippen molar-refractivity contribution >= 4 is 11.9 Å². The van der Waals surface area contributed by atoms with Crippen LogP contribution in [0.15, 0.2) is 0 Å². The van der Waals surface area contributed by atoms with Crippen molar-refractivity contribution in [3.05, 3.63) is 0 Å². The molecule has 0 saturated carbocycles. The van der Waals surface area contributed by atoms with Crippen LogP contribution in [0.4, 0.5) is 0 Å². The zero-order valence-corrected chi connectivity index (χ0v) is 18.4. The maximum absolute atomic E-state index is 10.8. The third-order valence-electron chi connectivity index (χ3n) is 3.47. The summed E-state index contributed by atoms with van der Waals surface area (Å²) in [5.74, 6) is 3.98. The van der Waals surface area contributed by atoms with E-state index in [4.69, 9.17) is 4.74 Å². The summed E-state index contributed by atoms with van der Waals surface area (Å²) in [6, 6.07) is 0. The molecule has 0 saturated heterocycles. The Morgan fingerprint density at radius 1 is 0.750 bits per heavy atom. The number of rotatable bonds is 13. The van der Waals surface area contributed by atoms with Crippen molar-refractivity contribution in [3.8, 4) is 0 Å². The minimum atomic E-state index is -0.380. The molecule has 140 valence electrons. The molecule has 2 N–H and O–H groups in total. The van der Waals surface area contributed by atoms with E-state index in [2.05, 4.69) is 17.7 Å². The molecule has 0 unspecified atom stereocenters. The Balaban J connectivity index is -0.000000238. The predicted molar refractivity (Wildman–Crippen MR) is 94.8 cm³/mol. The van der Waals surface area contributed by atoms with Crippen LogP contribution in [0, 0.1) is 0 Å². The summed E-state index contributed by atoms with van der Waals surface area (Å²) in [5, 5.41) is 0. The largest absolute Gasteiger partial charge is 1.00 e. The molecule has 0 aliphatic rings. The third kappa shape index (κ3) is 26.8. The van der Waals surface area contributed by atoms with Gasteiger partial charge in [-0.2, -0.15) is 5.90 Å². The van der Waals surface area contributed by atoms with Crippen molar-refractivity contribution in [2.75, 3.05) is 6.61 Å². The Kier molecular flexibility index (Phi) is 30.1. The maximum atomic E-state index is 10.8. The molecule has 0 rings (SSSR count). The van der Waals surface area contributed by atoms with Crippen molar-refractivity contribution in [2.24, 2.45) is 5.90 Å². The van der Waals surface area contributed by atoms with Crippen molar-refractivity contribution in [2.45, 2.75) is 97.8 Å². The molecule has 0 aromatic heterocycles. The Labute approximate surface area is 172 Å². The third-order valence-corrected chi connectivity index (χ3v) is 3.47. The smallest absolute Gasteiger partial charge is 1.00 e. The summed E-state index contributed by atoms with van der Waals surface area (Å²) in [5.41, 5.74) is 0. The summed E-state index contributed by atoms with van der Waals surface area (Å²) < 4.78 is 5.02. The van der Waals surface area contributed by atoms with Gasteiger partial charge in [0.1, 0.15) is 0 Å². The Hall–Kier alpha value is -0.100. The zero-order chi connectivity index (χ0) is 17.8. The molecule has 6 heteroatoms. The van der Waals surface area contributed by atoms with Gasteiger partial charge in [0.2, 0.25) is 0 Å². The van der Waals surface area contributed by atoms with Crippen LogP contribution in [0.5, 0.6) is 0 Å². The van der Waals surface area contributed by atoms with E-state index in [1.165, 1.54) is 57.8 Å². The number of unbranched alkanes of at least 4 members (excludes halogenated alkanes) is 9. The first kappa shape index (κ1) is 28.7. The Morgan fingerprint density at radius 2 is 1.17 bits per heavy atom. The SMILES string of the molecule is CCC(=O)ON.CCCCCCCCCCCCOC(=O)CC.[H-].[Na+]. The number of carbonyl (C=O) groups excluding carboxylic acids is 2. The van der Waals surface area contributed by atoms with Gasteiger partial charge in [0.25, 0.3) is 0 Å². The second kappa shape index (κ2) is 25.1. The Morgan fingerprint density at radius 3 is 1.50 bits per heavy atom. The number of nitrogens with two attached hydrogens (primary N) is 1. The van der Waals surface area contributed by atoms with E-state index >= 15 is 0 Å². The van der Waals surface area contributed by atoms with Gasteiger partial charge in [-0.15, -0.1) is 0 Å². The van der Waals surface area contributed by atoms with Crippen LogP contribution in [0.2, 0.25) is 0 Å². The van der Waals surface area contributed by atoms with Gasteiger partial charge in [-0.25, -0.2) is 0 Å². The average molecular weight is 355 g/mol. The number of hydrogen-bond donors (Lipinski definition) is 1. The van der Waals surface area contributed by atoms with Gasteiger partial charge in [-0.3, -0.25) is 9.59 Å². The normalized spacial score (nSPS) is 9.33. The van der Waals surface area contributed by atoms with Gasteiger partial charge in [0.15, 0.2) is 0 Å². The molecule has 0 aliphatic carbocycles. The van der Waals surface area contributed by atoms with E-state index < -0.39 is 0 Å². The van der Waals surface area contributed by atoms with Crippen LogP contribution in [-0.4, -0.2) is 18.5 Å². The summed E-state index contributed by atoms with van der Waals surface area (Å²) in [6.45, 7) is 6.38. The van der Waals surface area contributed by atoms with E-state index in [0.29, 0.717) is 19.4 Å². The molecule has 0 radical (unpaired) electrons. The van der Waals surface area contributed by atoms with E-state index in [1.807, 2.05) is 6.92 Å². The molecule has 0 amide bonds. The molecule has 0 atom stereocenters. The van der Waals surface area contributed by atoms with Gasteiger partial charge >= 0.3 is 41.5 Å². The number of hydrogen-bond acceptors (Lipinski definition) is 5. The summed E-state index contributed by atoms with van der Waals surface area (Å²) in [6.07, 6.45) is 14.0. The molecule has 0 bridgehead atoms. The Bertz CT molecular complexity index is 276.